The van der Waals surface area contributed by atoms with E-state index in [-0.39, 0.29) is 11.3 Å². The van der Waals surface area contributed by atoms with Crippen LogP contribution in [-0.2, 0) is 4.79 Å². The van der Waals surface area contributed by atoms with Crippen LogP contribution in [0.5, 0.6) is 0 Å². The molecule has 1 atom stereocenters. The average molecular weight is 416 g/mol. The first-order valence-corrected chi connectivity index (χ1v) is 9.99. The predicted molar refractivity (Wildman–Crippen MR) is 104 cm³/mol. The molecule has 3 aromatic rings. The van der Waals surface area contributed by atoms with E-state index in [1.165, 1.54) is 23.1 Å². The van der Waals surface area contributed by atoms with Gasteiger partial charge in [-0.05, 0) is 24.3 Å². The molecule has 122 valence electrons. The highest BCUT2D eigenvalue weighted by Gasteiger charge is 2.38. The summed E-state index contributed by atoms with van der Waals surface area (Å²) in [5, 5.41) is 1.96. The fraction of sp³-hybridized carbons (Fsp3) is 0.125. The van der Waals surface area contributed by atoms with Gasteiger partial charge < -0.3 is 0 Å². The van der Waals surface area contributed by atoms with E-state index in [1.807, 2.05) is 12.1 Å². The molecule has 1 saturated heterocycles. The van der Waals surface area contributed by atoms with E-state index >= 15 is 0 Å². The average Bonchev–Trinajstić information content (AvgIpc) is 3.12. The Morgan fingerprint density at radius 2 is 1.71 bits per heavy atom. The van der Waals surface area contributed by atoms with E-state index in [0.29, 0.717) is 31.5 Å². The van der Waals surface area contributed by atoms with Crippen LogP contribution in [0.25, 0.3) is 10.2 Å². The molecule has 24 heavy (non-hydrogen) atoms. The van der Waals surface area contributed by atoms with Crippen LogP contribution in [0.15, 0.2) is 36.4 Å². The van der Waals surface area contributed by atoms with E-state index < -0.39 is 0 Å². The zero-order valence-electron chi connectivity index (χ0n) is 12.0. The lowest BCUT2D eigenvalue weighted by Gasteiger charge is -2.23. The summed E-state index contributed by atoms with van der Waals surface area (Å²) in [6.07, 6.45) is 0. The maximum absolute atomic E-state index is 12.5. The van der Waals surface area contributed by atoms with Crippen LogP contribution in [0.4, 0.5) is 5.13 Å². The monoisotopic (exact) mass is 414 g/mol. The molecule has 4 rings (SSSR count). The van der Waals surface area contributed by atoms with Crippen LogP contribution in [0, 0.1) is 0 Å². The number of rotatable bonds is 2. The van der Waals surface area contributed by atoms with Crippen LogP contribution < -0.4 is 4.90 Å². The number of para-hydroxylation sites is 1. The molecule has 2 aromatic carbocycles. The van der Waals surface area contributed by atoms with Gasteiger partial charge in [0, 0.05) is 15.6 Å². The highest BCUT2D eigenvalue weighted by molar-refractivity contribution is 8.00. The summed E-state index contributed by atoms with van der Waals surface area (Å²) in [7, 11) is 0. The maximum Gasteiger partial charge on any atom is 0.240 e. The summed E-state index contributed by atoms with van der Waals surface area (Å²) in [5.74, 6) is 0.340. The second-order valence-corrected chi connectivity index (χ2v) is 8.44. The third-order valence-electron chi connectivity index (χ3n) is 3.68. The number of carbonyl (C=O) groups excluding carboxylic acids is 1. The first kappa shape index (κ1) is 16.5. The Kier molecular flexibility index (Phi) is 4.39. The lowest BCUT2D eigenvalue weighted by Crippen LogP contribution is -2.28. The number of carbonyl (C=O) groups is 1. The number of aromatic nitrogens is 1. The van der Waals surface area contributed by atoms with Crippen molar-refractivity contribution < 1.29 is 4.79 Å². The Morgan fingerprint density at radius 1 is 1.04 bits per heavy atom. The van der Waals surface area contributed by atoms with Crippen molar-refractivity contribution in [1.29, 1.82) is 0 Å². The highest BCUT2D eigenvalue weighted by Crippen LogP contribution is 2.48. The predicted octanol–water partition coefficient (Wildman–Crippen LogP) is 6.04. The molecule has 0 spiro atoms. The summed E-state index contributed by atoms with van der Waals surface area (Å²) in [6, 6.07) is 10.9. The van der Waals surface area contributed by atoms with Crippen LogP contribution in [0.1, 0.15) is 10.9 Å². The molecule has 0 N–H and O–H groups in total. The van der Waals surface area contributed by atoms with Crippen LogP contribution in [0.2, 0.25) is 15.1 Å². The van der Waals surface area contributed by atoms with Gasteiger partial charge in [-0.3, -0.25) is 9.69 Å². The second kappa shape index (κ2) is 6.39. The third-order valence-corrected chi connectivity index (χ3v) is 6.84. The van der Waals surface area contributed by atoms with Gasteiger partial charge in [-0.25, -0.2) is 4.98 Å². The summed E-state index contributed by atoms with van der Waals surface area (Å²) < 4.78 is 0.936. The quantitative estimate of drug-likeness (QED) is 0.512. The molecule has 1 amide bonds. The number of hydrogen-bond acceptors (Lipinski definition) is 4. The Balaban J connectivity index is 1.84. The molecular formula is C16H9Cl3N2OS2. The lowest BCUT2D eigenvalue weighted by atomic mass is 10.2. The van der Waals surface area contributed by atoms with Crippen molar-refractivity contribution in [2.45, 2.75) is 5.37 Å². The number of thioether (sulfide) groups is 1. The summed E-state index contributed by atoms with van der Waals surface area (Å²) >= 11 is 21.8. The Hall–Kier alpha value is -0.980. The van der Waals surface area contributed by atoms with Gasteiger partial charge in [0.1, 0.15) is 10.9 Å². The molecule has 1 aliphatic rings. The number of halogens is 3. The fourth-order valence-electron chi connectivity index (χ4n) is 2.60. The van der Waals surface area contributed by atoms with E-state index in [0.717, 1.165) is 10.3 Å². The molecule has 3 nitrogen and oxygen atoms in total. The molecule has 0 radical (unpaired) electrons. The molecule has 0 bridgehead atoms. The van der Waals surface area contributed by atoms with Gasteiger partial charge in [0.2, 0.25) is 5.91 Å². The minimum absolute atomic E-state index is 0.0174. The SMILES string of the molecule is O=C1CSC(c2c(Cl)cccc2Cl)N1c1nc2c(Cl)cccc2s1. The summed E-state index contributed by atoms with van der Waals surface area (Å²) in [5.41, 5.74) is 1.44. The Labute approximate surface area is 161 Å². The minimum Gasteiger partial charge on any atom is -0.273 e. The first-order valence-electron chi connectivity index (χ1n) is 6.99. The molecule has 0 aliphatic carbocycles. The normalized spacial score (nSPS) is 17.9. The van der Waals surface area contributed by atoms with Crippen molar-refractivity contribution in [3.8, 4) is 0 Å². The highest BCUT2D eigenvalue weighted by atomic mass is 35.5. The van der Waals surface area contributed by atoms with Gasteiger partial charge in [-0.1, -0.05) is 58.3 Å². The van der Waals surface area contributed by atoms with Crippen molar-refractivity contribution >= 4 is 79.2 Å². The van der Waals surface area contributed by atoms with Crippen molar-refractivity contribution in [3.05, 3.63) is 57.0 Å². The number of benzene rings is 2. The topological polar surface area (TPSA) is 33.2 Å². The molecule has 2 heterocycles. The molecule has 1 fully saturated rings. The van der Waals surface area contributed by atoms with Crippen molar-refractivity contribution in [1.82, 2.24) is 4.98 Å². The van der Waals surface area contributed by atoms with Gasteiger partial charge in [0.25, 0.3) is 0 Å². The molecule has 1 unspecified atom stereocenters. The zero-order valence-corrected chi connectivity index (χ0v) is 15.9. The minimum atomic E-state index is -0.293. The number of anilines is 1. The number of amides is 1. The number of thiazole rings is 1. The van der Waals surface area contributed by atoms with Crippen molar-refractivity contribution in [2.75, 3.05) is 10.7 Å². The summed E-state index contributed by atoms with van der Waals surface area (Å²) in [4.78, 5) is 18.7. The maximum atomic E-state index is 12.5. The van der Waals surface area contributed by atoms with Gasteiger partial charge in [-0.2, -0.15) is 0 Å². The molecule has 1 aromatic heterocycles. The van der Waals surface area contributed by atoms with Gasteiger partial charge in [0.15, 0.2) is 5.13 Å². The van der Waals surface area contributed by atoms with E-state index in [9.17, 15) is 4.79 Å². The molecule has 8 heteroatoms. The Bertz CT molecular complexity index is 939. The second-order valence-electron chi connectivity index (χ2n) is 5.15. The first-order chi connectivity index (χ1) is 11.6. The third kappa shape index (κ3) is 2.68. The van der Waals surface area contributed by atoms with Crippen molar-refractivity contribution in [2.24, 2.45) is 0 Å². The molecular weight excluding hydrogens is 407 g/mol. The number of hydrogen-bond donors (Lipinski definition) is 0. The van der Waals surface area contributed by atoms with Gasteiger partial charge in [0.05, 0.1) is 15.5 Å². The van der Waals surface area contributed by atoms with Crippen LogP contribution in [-0.4, -0.2) is 16.6 Å². The zero-order chi connectivity index (χ0) is 16.8. The number of fused-ring (bicyclic) bond motifs is 1. The fourth-order valence-corrected chi connectivity index (χ4v) is 5.94. The lowest BCUT2D eigenvalue weighted by molar-refractivity contribution is -0.115. The standard InChI is InChI=1S/C16H9Cl3N2OS2/c17-8-3-1-4-9(18)13(8)15-21(12(22)7-23-15)16-20-14-10(19)5-2-6-11(14)24-16/h1-6,15H,7H2. The van der Waals surface area contributed by atoms with Gasteiger partial charge >= 0.3 is 0 Å². The van der Waals surface area contributed by atoms with Crippen molar-refractivity contribution in [3.63, 3.8) is 0 Å². The largest absolute Gasteiger partial charge is 0.273 e. The molecule has 1 aliphatic heterocycles. The van der Waals surface area contributed by atoms with Crippen LogP contribution in [0.3, 0.4) is 0 Å². The number of nitrogens with zero attached hydrogens (tertiary/aromatic N) is 2. The molecule has 0 saturated carbocycles. The smallest absolute Gasteiger partial charge is 0.240 e. The van der Waals surface area contributed by atoms with Gasteiger partial charge in [-0.15, -0.1) is 11.8 Å². The van der Waals surface area contributed by atoms with Crippen LogP contribution >= 0.6 is 57.9 Å². The summed E-state index contributed by atoms with van der Waals surface area (Å²) in [6.45, 7) is 0. The van der Waals surface area contributed by atoms with E-state index in [1.54, 1.807) is 29.2 Å². The Morgan fingerprint density at radius 3 is 2.42 bits per heavy atom. The van der Waals surface area contributed by atoms with E-state index in [2.05, 4.69) is 4.98 Å². The van der Waals surface area contributed by atoms with E-state index in [4.69, 9.17) is 34.8 Å².